The first-order valence-electron chi connectivity index (χ1n) is 11.4. The van der Waals surface area contributed by atoms with E-state index in [4.69, 9.17) is 50.8 Å². The third-order valence-corrected chi connectivity index (χ3v) is 6.43. The topological polar surface area (TPSA) is 100 Å². The number of amidine groups is 1. The highest BCUT2D eigenvalue weighted by Crippen LogP contribution is 2.34. The van der Waals surface area contributed by atoms with Gasteiger partial charge in [-0.3, -0.25) is 0 Å². The Morgan fingerprint density at radius 2 is 1.79 bits per heavy atom. The van der Waals surface area contributed by atoms with Gasteiger partial charge >= 0.3 is 6.18 Å². The van der Waals surface area contributed by atoms with E-state index in [1.807, 2.05) is 17.9 Å². The molecule has 0 aliphatic carbocycles. The van der Waals surface area contributed by atoms with Crippen molar-refractivity contribution in [3.8, 4) is 11.6 Å². The average Bonchev–Trinajstić information content (AvgIpc) is 2.89. The molecular formula is C25H24Cl3F3N6O. The SMILES string of the molecule is CCC(=N)C(Cl)/C(=N/N)N(CCc1ccc(Oc2ncc(C(F)(F)F)cc2Cl)cc1)Cc1ccc(Cl)nc1. The molecule has 1 unspecified atom stereocenters. The molecule has 0 aliphatic rings. The predicted molar refractivity (Wildman–Crippen MR) is 143 cm³/mol. The number of halogens is 6. The standard InChI is InChI=1S/C25H24Cl3F3N6O/c1-2-20(32)22(28)23(36-33)37(14-16-5-8-21(27)34-12-16)10-9-15-3-6-18(7-4-15)38-24-19(26)11-17(13-35-24)25(29,30)31/h3-8,11-13,22,32H,2,9-10,14,33H2,1H3/b32-20?,36-23-. The lowest BCUT2D eigenvalue weighted by Crippen LogP contribution is -2.41. The molecule has 0 amide bonds. The summed E-state index contributed by atoms with van der Waals surface area (Å²) in [5, 5.41) is 11.4. The molecule has 0 spiro atoms. The molecule has 13 heteroatoms. The largest absolute Gasteiger partial charge is 0.438 e. The van der Waals surface area contributed by atoms with Crippen LogP contribution in [0.5, 0.6) is 11.6 Å². The first-order chi connectivity index (χ1) is 18.0. The van der Waals surface area contributed by atoms with Crippen LogP contribution in [0.25, 0.3) is 0 Å². The van der Waals surface area contributed by atoms with Crippen LogP contribution in [-0.4, -0.2) is 38.3 Å². The highest BCUT2D eigenvalue weighted by Gasteiger charge is 2.32. The molecule has 0 bridgehead atoms. The summed E-state index contributed by atoms with van der Waals surface area (Å²) < 4.78 is 44.0. The van der Waals surface area contributed by atoms with Gasteiger partial charge in [0.1, 0.15) is 27.1 Å². The first kappa shape index (κ1) is 29.5. The summed E-state index contributed by atoms with van der Waals surface area (Å²) in [6.45, 7) is 2.68. The molecule has 0 saturated heterocycles. The summed E-state index contributed by atoms with van der Waals surface area (Å²) >= 11 is 18.3. The fourth-order valence-corrected chi connectivity index (χ4v) is 4.06. The molecule has 0 aliphatic heterocycles. The molecule has 202 valence electrons. The molecule has 1 atom stereocenters. The van der Waals surface area contributed by atoms with Gasteiger partial charge in [0.15, 0.2) is 0 Å². The second-order valence-corrected chi connectivity index (χ2v) is 9.37. The molecule has 38 heavy (non-hydrogen) atoms. The number of aromatic nitrogens is 2. The number of ether oxygens (including phenoxy) is 1. The molecule has 3 rings (SSSR count). The molecular weight excluding hydrogens is 564 g/mol. The van der Waals surface area contributed by atoms with Crippen molar-refractivity contribution in [3.63, 3.8) is 0 Å². The summed E-state index contributed by atoms with van der Waals surface area (Å²) in [7, 11) is 0. The number of alkyl halides is 4. The number of hydrogen-bond donors (Lipinski definition) is 2. The Morgan fingerprint density at radius 1 is 1.11 bits per heavy atom. The average molecular weight is 588 g/mol. The van der Waals surface area contributed by atoms with Crippen LogP contribution in [0.4, 0.5) is 13.2 Å². The van der Waals surface area contributed by atoms with E-state index in [0.29, 0.717) is 48.9 Å². The van der Waals surface area contributed by atoms with Gasteiger partial charge in [-0.25, -0.2) is 9.97 Å². The minimum Gasteiger partial charge on any atom is -0.438 e. The van der Waals surface area contributed by atoms with Crippen LogP contribution in [0.1, 0.15) is 30.0 Å². The molecule has 7 nitrogen and oxygen atoms in total. The van der Waals surface area contributed by atoms with E-state index in [9.17, 15) is 13.2 Å². The zero-order valence-electron chi connectivity index (χ0n) is 20.1. The van der Waals surface area contributed by atoms with Gasteiger partial charge in [-0.1, -0.05) is 48.3 Å². The summed E-state index contributed by atoms with van der Waals surface area (Å²) in [5.41, 5.74) is 1.10. The zero-order chi connectivity index (χ0) is 27.9. The van der Waals surface area contributed by atoms with Crippen LogP contribution < -0.4 is 10.6 Å². The number of pyridine rings is 2. The molecule has 2 aromatic heterocycles. The minimum absolute atomic E-state index is 0.134. The van der Waals surface area contributed by atoms with Crippen LogP contribution in [0, 0.1) is 5.41 Å². The number of nitrogens with zero attached hydrogens (tertiary/aromatic N) is 4. The van der Waals surface area contributed by atoms with E-state index < -0.39 is 17.1 Å². The Bertz CT molecular complexity index is 1270. The third-order valence-electron chi connectivity index (χ3n) is 5.47. The van der Waals surface area contributed by atoms with Gasteiger partial charge in [0, 0.05) is 31.2 Å². The van der Waals surface area contributed by atoms with E-state index in [1.165, 1.54) is 0 Å². The molecule has 0 fully saturated rings. The first-order valence-corrected chi connectivity index (χ1v) is 12.5. The van der Waals surface area contributed by atoms with E-state index in [0.717, 1.165) is 17.2 Å². The van der Waals surface area contributed by atoms with Gasteiger partial charge in [-0.2, -0.15) is 18.3 Å². The number of benzene rings is 1. The predicted octanol–water partition coefficient (Wildman–Crippen LogP) is 6.95. The van der Waals surface area contributed by atoms with Crippen molar-refractivity contribution in [1.82, 2.24) is 14.9 Å². The maximum atomic E-state index is 12.8. The van der Waals surface area contributed by atoms with Crippen molar-refractivity contribution in [2.24, 2.45) is 10.9 Å². The van der Waals surface area contributed by atoms with E-state index in [2.05, 4.69) is 15.1 Å². The van der Waals surface area contributed by atoms with E-state index in [-0.39, 0.29) is 16.6 Å². The smallest absolute Gasteiger partial charge is 0.417 e. The number of hydrazone groups is 1. The summed E-state index contributed by atoms with van der Waals surface area (Å²) in [5.74, 6) is 6.26. The van der Waals surface area contributed by atoms with Crippen molar-refractivity contribution in [2.45, 2.75) is 37.9 Å². The lowest BCUT2D eigenvalue weighted by molar-refractivity contribution is -0.137. The van der Waals surface area contributed by atoms with Crippen LogP contribution in [0.2, 0.25) is 10.2 Å². The van der Waals surface area contributed by atoms with Crippen LogP contribution in [0.3, 0.4) is 0 Å². The van der Waals surface area contributed by atoms with Crippen molar-refractivity contribution < 1.29 is 17.9 Å². The van der Waals surface area contributed by atoms with Gasteiger partial charge in [0.05, 0.1) is 5.56 Å². The Hall–Kier alpha value is -3.08. The van der Waals surface area contributed by atoms with Crippen LogP contribution in [-0.2, 0) is 19.1 Å². The lowest BCUT2D eigenvalue weighted by Gasteiger charge is -2.28. The highest BCUT2D eigenvalue weighted by atomic mass is 35.5. The maximum Gasteiger partial charge on any atom is 0.417 e. The summed E-state index contributed by atoms with van der Waals surface area (Å²) in [6.07, 6.45) is -1.24. The monoisotopic (exact) mass is 586 g/mol. The fourth-order valence-electron chi connectivity index (χ4n) is 3.39. The van der Waals surface area contributed by atoms with Gasteiger partial charge in [0.25, 0.3) is 0 Å². The highest BCUT2D eigenvalue weighted by molar-refractivity contribution is 6.43. The minimum atomic E-state index is -4.55. The van der Waals surface area contributed by atoms with Gasteiger partial charge < -0.3 is 20.9 Å². The zero-order valence-corrected chi connectivity index (χ0v) is 22.4. The van der Waals surface area contributed by atoms with E-state index in [1.54, 1.807) is 36.5 Å². The van der Waals surface area contributed by atoms with Gasteiger partial charge in [0.2, 0.25) is 5.88 Å². The van der Waals surface area contributed by atoms with Crippen molar-refractivity contribution >= 4 is 46.4 Å². The Morgan fingerprint density at radius 3 is 2.34 bits per heavy atom. The lowest BCUT2D eigenvalue weighted by atomic mass is 10.1. The molecule has 0 radical (unpaired) electrons. The van der Waals surface area contributed by atoms with Gasteiger partial charge in [-0.05, 0) is 48.2 Å². The quantitative estimate of drug-likeness (QED) is 0.0668. The second-order valence-electron chi connectivity index (χ2n) is 8.14. The maximum absolute atomic E-state index is 12.8. The fraction of sp³-hybridized carbons (Fsp3) is 0.280. The Labute approximate surface area is 232 Å². The van der Waals surface area contributed by atoms with E-state index >= 15 is 0 Å². The number of nitrogens with two attached hydrogens (primary N) is 1. The van der Waals surface area contributed by atoms with Crippen molar-refractivity contribution in [3.05, 3.63) is 81.7 Å². The third kappa shape index (κ3) is 7.96. The summed E-state index contributed by atoms with van der Waals surface area (Å²) in [6, 6.07) is 11.2. The van der Waals surface area contributed by atoms with Gasteiger partial charge in [-0.15, -0.1) is 11.6 Å². The Kier molecular flexibility index (Phi) is 10.2. The molecule has 3 N–H and O–H groups in total. The van der Waals surface area contributed by atoms with Crippen LogP contribution >= 0.6 is 34.8 Å². The van der Waals surface area contributed by atoms with Crippen LogP contribution in [0.15, 0.2) is 60.0 Å². The second kappa shape index (κ2) is 13.1. The number of rotatable bonds is 10. The molecule has 1 aromatic carbocycles. The molecule has 3 aromatic rings. The normalized spacial score (nSPS) is 12.8. The number of hydrogen-bond acceptors (Lipinski definition) is 6. The van der Waals surface area contributed by atoms with Crippen molar-refractivity contribution in [2.75, 3.05) is 6.54 Å². The molecule has 2 heterocycles. The summed E-state index contributed by atoms with van der Waals surface area (Å²) in [4.78, 5) is 9.67. The van der Waals surface area contributed by atoms with Crippen molar-refractivity contribution in [1.29, 1.82) is 5.41 Å². The molecule has 0 saturated carbocycles. The Balaban J connectivity index is 1.72. The number of nitrogens with one attached hydrogen (secondary N) is 1.